The molecule has 0 radical (unpaired) electrons. The van der Waals surface area contributed by atoms with Crippen LogP contribution in [-0.4, -0.2) is 73.3 Å². The number of fused-ring (bicyclic) bond motifs is 1. The predicted octanol–water partition coefficient (Wildman–Crippen LogP) is 4.75. The number of alkyl halides is 6. The van der Waals surface area contributed by atoms with Gasteiger partial charge in [0, 0.05) is 61.3 Å². The van der Waals surface area contributed by atoms with Gasteiger partial charge in [0.1, 0.15) is 17.3 Å². The topological polar surface area (TPSA) is 90.3 Å². The van der Waals surface area contributed by atoms with Crippen molar-refractivity contribution in [1.29, 1.82) is 0 Å². The lowest BCUT2D eigenvalue weighted by Gasteiger charge is -2.35. The number of H-pyrrole nitrogens is 1. The number of imidazole rings is 1. The minimum absolute atomic E-state index is 0.143. The highest BCUT2D eigenvalue weighted by Crippen LogP contribution is 2.32. The number of hydrogen-bond acceptors (Lipinski definition) is 8. The monoisotopic (exact) mass is 557 g/mol. The fourth-order valence-corrected chi connectivity index (χ4v) is 4.76. The van der Waals surface area contributed by atoms with Crippen molar-refractivity contribution < 1.29 is 26.3 Å². The zero-order valence-electron chi connectivity index (χ0n) is 19.8. The van der Waals surface area contributed by atoms with Gasteiger partial charge in [0.2, 0.25) is 0 Å². The Bertz CT molecular complexity index is 1420. The molecule has 0 spiro atoms. The molecular weight excluding hydrogens is 536 g/mol. The van der Waals surface area contributed by atoms with Gasteiger partial charge in [-0.3, -0.25) is 10.00 Å². The molecule has 0 saturated carbocycles. The van der Waals surface area contributed by atoms with Crippen molar-refractivity contribution in [2.75, 3.05) is 42.9 Å². The van der Waals surface area contributed by atoms with E-state index in [0.717, 1.165) is 23.7 Å². The molecule has 1 aliphatic rings. The van der Waals surface area contributed by atoms with E-state index in [0.29, 0.717) is 40.6 Å². The molecule has 2 N–H and O–H groups in total. The Morgan fingerprint density at radius 2 is 1.71 bits per heavy atom. The first-order chi connectivity index (χ1) is 17.9. The van der Waals surface area contributed by atoms with Crippen molar-refractivity contribution in [2.45, 2.75) is 29.3 Å². The number of hydrogen-bond donors (Lipinski definition) is 2. The van der Waals surface area contributed by atoms with Gasteiger partial charge in [-0.25, -0.2) is 15.0 Å². The molecule has 1 saturated heterocycles. The van der Waals surface area contributed by atoms with Crippen LogP contribution in [0.2, 0.25) is 0 Å². The van der Waals surface area contributed by atoms with Crippen molar-refractivity contribution in [3.63, 3.8) is 0 Å². The normalized spacial score (nSPS) is 15.4. The summed E-state index contributed by atoms with van der Waals surface area (Å²) in [7, 11) is 0. The molecule has 1 aliphatic heterocycles. The summed E-state index contributed by atoms with van der Waals surface area (Å²) < 4.78 is 78.8. The number of halogens is 6. The average molecular weight is 558 g/mol. The van der Waals surface area contributed by atoms with Gasteiger partial charge < -0.3 is 14.6 Å². The maximum atomic E-state index is 13.0. The summed E-state index contributed by atoms with van der Waals surface area (Å²) in [6.07, 6.45) is -6.43. The fourth-order valence-electron chi connectivity index (χ4n) is 3.96. The van der Waals surface area contributed by atoms with Crippen LogP contribution in [0, 0.1) is 6.92 Å². The highest BCUT2D eigenvalue weighted by atomic mass is 32.2. The third kappa shape index (κ3) is 6.30. The van der Waals surface area contributed by atoms with E-state index < -0.39 is 24.6 Å². The van der Waals surface area contributed by atoms with Crippen molar-refractivity contribution >= 4 is 34.9 Å². The molecule has 202 valence electrons. The van der Waals surface area contributed by atoms with Crippen LogP contribution in [-0.2, 0) is 6.18 Å². The molecule has 16 heteroatoms. The highest BCUT2D eigenvalue weighted by Gasteiger charge is 2.34. The molecule has 0 atom stereocenters. The second-order valence-electron chi connectivity index (χ2n) is 8.69. The van der Waals surface area contributed by atoms with Gasteiger partial charge in [-0.2, -0.15) is 31.4 Å². The third-order valence-corrected chi connectivity index (χ3v) is 6.52. The molecule has 0 aromatic carbocycles. The number of pyridine rings is 1. The van der Waals surface area contributed by atoms with Crippen molar-refractivity contribution in [1.82, 2.24) is 34.4 Å². The maximum Gasteiger partial charge on any atom is 0.434 e. The molecule has 0 aliphatic carbocycles. The van der Waals surface area contributed by atoms with Gasteiger partial charge in [-0.1, -0.05) is 0 Å². The smallest absolute Gasteiger partial charge is 0.354 e. The van der Waals surface area contributed by atoms with Gasteiger partial charge >= 0.3 is 12.4 Å². The van der Waals surface area contributed by atoms with Crippen LogP contribution in [0.25, 0.3) is 5.65 Å². The molecule has 4 aromatic heterocycles. The Morgan fingerprint density at radius 3 is 2.37 bits per heavy atom. The number of aryl methyl sites for hydroxylation is 1. The van der Waals surface area contributed by atoms with E-state index in [-0.39, 0.29) is 18.7 Å². The number of nitrogens with one attached hydrogen (secondary N) is 2. The second-order valence-corrected chi connectivity index (χ2v) is 9.73. The number of aromatic nitrogens is 6. The zero-order valence-corrected chi connectivity index (χ0v) is 20.6. The van der Waals surface area contributed by atoms with Gasteiger partial charge in [-0.15, -0.1) is 0 Å². The van der Waals surface area contributed by atoms with E-state index in [2.05, 4.69) is 30.5 Å². The number of anilines is 3. The van der Waals surface area contributed by atoms with Crippen LogP contribution < -0.4 is 10.2 Å². The maximum absolute atomic E-state index is 13.0. The molecule has 1 fully saturated rings. The number of piperazine rings is 1. The van der Waals surface area contributed by atoms with Crippen molar-refractivity contribution in [3.8, 4) is 0 Å². The predicted molar refractivity (Wildman–Crippen MR) is 128 cm³/mol. The summed E-state index contributed by atoms with van der Waals surface area (Å²) in [6, 6.07) is 6.54. The van der Waals surface area contributed by atoms with Crippen LogP contribution in [0.4, 0.5) is 43.8 Å². The Morgan fingerprint density at radius 1 is 0.947 bits per heavy atom. The molecular formula is C22H21F6N9S. The van der Waals surface area contributed by atoms with E-state index in [1.807, 2.05) is 11.8 Å². The van der Waals surface area contributed by atoms with Crippen LogP contribution in [0.3, 0.4) is 0 Å². The van der Waals surface area contributed by atoms with E-state index in [4.69, 9.17) is 0 Å². The Hall–Kier alpha value is -3.53. The number of aromatic amines is 1. The summed E-state index contributed by atoms with van der Waals surface area (Å²) >= 11 is 1.13. The Kier molecular flexibility index (Phi) is 6.85. The first-order valence-corrected chi connectivity index (χ1v) is 12.2. The van der Waals surface area contributed by atoms with Crippen LogP contribution >= 0.6 is 11.8 Å². The summed E-state index contributed by atoms with van der Waals surface area (Å²) in [6.45, 7) is 1.96. The average Bonchev–Trinajstić information content (AvgIpc) is 3.44. The van der Waals surface area contributed by atoms with Crippen molar-refractivity contribution in [2.24, 2.45) is 0 Å². The first-order valence-electron chi connectivity index (χ1n) is 11.4. The minimum Gasteiger partial charge on any atom is -0.354 e. The third-order valence-electron chi connectivity index (χ3n) is 5.68. The van der Waals surface area contributed by atoms with Crippen LogP contribution in [0.1, 0.15) is 11.4 Å². The van der Waals surface area contributed by atoms with E-state index in [1.165, 1.54) is 21.6 Å². The van der Waals surface area contributed by atoms with Gasteiger partial charge in [0.25, 0.3) is 0 Å². The van der Waals surface area contributed by atoms with E-state index in [1.54, 1.807) is 18.2 Å². The van der Waals surface area contributed by atoms with Gasteiger partial charge in [-0.05, 0) is 30.8 Å². The molecule has 5 rings (SSSR count). The molecule has 0 bridgehead atoms. The summed E-state index contributed by atoms with van der Waals surface area (Å²) in [5.74, 6) is 1.43. The summed E-state index contributed by atoms with van der Waals surface area (Å²) in [5.41, 5.74) is -0.0308. The zero-order chi connectivity index (χ0) is 27.1. The standard InChI is InChI=1S/C22H21F6N9S/c1-13-8-17(34-33-13)30-16-9-19(36-6-4-35(5-7-36)12-21(23,24)25)32-20(31-16)38-14-2-3-18-29-15(22(26,27)28)11-37(18)10-14/h2-3,8-11H,4-7,12H2,1H3,(H2,30,31,32,33,34). The molecule has 38 heavy (non-hydrogen) atoms. The Labute approximate surface area is 216 Å². The molecule has 0 unspecified atom stereocenters. The minimum atomic E-state index is -4.56. The summed E-state index contributed by atoms with van der Waals surface area (Å²) in [5, 5.41) is 10.3. The SMILES string of the molecule is Cc1cc(Nc2cc(N3CCN(CC(F)(F)F)CC3)nc(Sc3ccc4nc(C(F)(F)F)cn4c3)n2)n[nH]1. The molecule has 0 amide bonds. The van der Waals surface area contributed by atoms with Crippen LogP contribution in [0.15, 0.2) is 46.7 Å². The number of rotatable bonds is 6. The lowest BCUT2D eigenvalue weighted by atomic mass is 10.3. The van der Waals surface area contributed by atoms with Gasteiger partial charge in [0.05, 0.1) is 6.54 Å². The fraction of sp³-hybridized carbons (Fsp3) is 0.364. The van der Waals surface area contributed by atoms with E-state index >= 15 is 0 Å². The van der Waals surface area contributed by atoms with Gasteiger partial charge in [0.15, 0.2) is 16.7 Å². The Balaban J connectivity index is 1.40. The lowest BCUT2D eigenvalue weighted by molar-refractivity contribution is -0.146. The highest BCUT2D eigenvalue weighted by molar-refractivity contribution is 7.99. The van der Waals surface area contributed by atoms with Crippen LogP contribution in [0.5, 0.6) is 0 Å². The largest absolute Gasteiger partial charge is 0.434 e. The molecule has 5 heterocycles. The lowest BCUT2D eigenvalue weighted by Crippen LogP contribution is -2.49. The summed E-state index contributed by atoms with van der Waals surface area (Å²) in [4.78, 5) is 16.5. The number of nitrogens with zero attached hydrogens (tertiary/aromatic N) is 7. The van der Waals surface area contributed by atoms with E-state index in [9.17, 15) is 26.3 Å². The second kappa shape index (κ2) is 9.98. The molecule has 4 aromatic rings. The quantitative estimate of drug-likeness (QED) is 0.259. The van der Waals surface area contributed by atoms with Crippen molar-refractivity contribution in [3.05, 3.63) is 48.0 Å². The first kappa shape index (κ1) is 26.1. The molecule has 9 nitrogen and oxygen atoms in total.